The zero-order valence-electron chi connectivity index (χ0n) is 13.7. The molecule has 6 heteroatoms. The third-order valence-corrected chi connectivity index (χ3v) is 3.21. The number of hydrogen-bond donors (Lipinski definition) is 1. The van der Waals surface area contributed by atoms with Crippen LogP contribution in [0.3, 0.4) is 0 Å². The van der Waals surface area contributed by atoms with Gasteiger partial charge in [-0.05, 0) is 36.6 Å². The standard InChI is InChI=1S/C18H20O6/c1-3-9-22-14-7-5-12(11-15(14)23-10-4-2)13-6-8-16(19)24-17(13)18(20)21/h5-8,11H,3-4,9-10H2,1-2H3,(H,20,21). The van der Waals surface area contributed by atoms with Crippen LogP contribution in [-0.2, 0) is 0 Å². The molecule has 1 aromatic heterocycles. The van der Waals surface area contributed by atoms with Crippen LogP contribution in [0.4, 0.5) is 0 Å². The van der Waals surface area contributed by atoms with E-state index in [9.17, 15) is 14.7 Å². The molecule has 0 saturated heterocycles. The molecule has 24 heavy (non-hydrogen) atoms. The van der Waals surface area contributed by atoms with E-state index in [2.05, 4.69) is 0 Å². The van der Waals surface area contributed by atoms with Crippen molar-refractivity contribution in [3.05, 3.63) is 46.5 Å². The highest BCUT2D eigenvalue weighted by Crippen LogP contribution is 2.34. The van der Waals surface area contributed by atoms with Gasteiger partial charge in [0.05, 0.1) is 13.2 Å². The first-order valence-electron chi connectivity index (χ1n) is 7.84. The van der Waals surface area contributed by atoms with Crippen LogP contribution in [0.5, 0.6) is 11.5 Å². The molecule has 128 valence electrons. The minimum absolute atomic E-state index is 0.311. The van der Waals surface area contributed by atoms with Gasteiger partial charge in [0, 0.05) is 11.6 Å². The van der Waals surface area contributed by atoms with Crippen molar-refractivity contribution in [2.75, 3.05) is 13.2 Å². The van der Waals surface area contributed by atoms with Gasteiger partial charge >= 0.3 is 11.6 Å². The van der Waals surface area contributed by atoms with Crippen LogP contribution in [0.1, 0.15) is 37.2 Å². The largest absolute Gasteiger partial charge is 0.490 e. The van der Waals surface area contributed by atoms with Crippen molar-refractivity contribution in [1.82, 2.24) is 0 Å². The van der Waals surface area contributed by atoms with Crippen LogP contribution in [0.15, 0.2) is 39.5 Å². The fourth-order valence-electron chi connectivity index (χ4n) is 2.13. The fourth-order valence-corrected chi connectivity index (χ4v) is 2.13. The molecule has 0 aliphatic rings. The van der Waals surface area contributed by atoms with Crippen molar-refractivity contribution in [1.29, 1.82) is 0 Å². The van der Waals surface area contributed by atoms with E-state index < -0.39 is 17.4 Å². The Morgan fingerprint density at radius 1 is 1.04 bits per heavy atom. The second-order valence-corrected chi connectivity index (χ2v) is 5.16. The normalized spacial score (nSPS) is 10.4. The molecule has 0 amide bonds. The van der Waals surface area contributed by atoms with Crippen LogP contribution < -0.4 is 15.1 Å². The maximum atomic E-state index is 11.3. The van der Waals surface area contributed by atoms with Crippen molar-refractivity contribution in [3.63, 3.8) is 0 Å². The molecular formula is C18H20O6. The number of benzene rings is 1. The first-order valence-corrected chi connectivity index (χ1v) is 7.84. The highest BCUT2D eigenvalue weighted by Gasteiger charge is 2.17. The van der Waals surface area contributed by atoms with Crippen molar-refractivity contribution in [3.8, 4) is 22.6 Å². The number of carboxylic acid groups (broad SMARTS) is 1. The Balaban J connectivity index is 2.47. The third-order valence-electron chi connectivity index (χ3n) is 3.21. The summed E-state index contributed by atoms with van der Waals surface area (Å²) in [6.45, 7) is 5.07. The van der Waals surface area contributed by atoms with E-state index in [1.165, 1.54) is 12.1 Å². The number of aromatic carboxylic acids is 1. The lowest BCUT2D eigenvalue weighted by atomic mass is 10.0. The Hall–Kier alpha value is -2.76. The molecular weight excluding hydrogens is 312 g/mol. The molecule has 0 fully saturated rings. The highest BCUT2D eigenvalue weighted by atomic mass is 16.5. The molecule has 1 N–H and O–H groups in total. The van der Waals surface area contributed by atoms with Gasteiger partial charge in [-0.2, -0.15) is 0 Å². The molecule has 0 saturated carbocycles. The number of carbonyl (C=O) groups is 1. The molecule has 0 aliphatic carbocycles. The third kappa shape index (κ3) is 4.16. The zero-order valence-corrected chi connectivity index (χ0v) is 13.7. The number of ether oxygens (including phenoxy) is 2. The smallest absolute Gasteiger partial charge is 0.372 e. The Morgan fingerprint density at radius 2 is 1.71 bits per heavy atom. The minimum atomic E-state index is -1.30. The molecule has 0 spiro atoms. The lowest BCUT2D eigenvalue weighted by Crippen LogP contribution is -2.07. The van der Waals surface area contributed by atoms with Crippen LogP contribution in [0, 0.1) is 0 Å². The van der Waals surface area contributed by atoms with E-state index in [1.807, 2.05) is 13.8 Å². The van der Waals surface area contributed by atoms with Crippen molar-refractivity contribution >= 4 is 5.97 Å². The van der Waals surface area contributed by atoms with Gasteiger partial charge in [0.2, 0.25) is 5.76 Å². The molecule has 2 rings (SSSR count). The minimum Gasteiger partial charge on any atom is -0.490 e. The first kappa shape index (κ1) is 17.6. The van der Waals surface area contributed by atoms with Gasteiger partial charge in [-0.1, -0.05) is 19.9 Å². The van der Waals surface area contributed by atoms with E-state index in [0.29, 0.717) is 35.8 Å². The molecule has 0 aliphatic heterocycles. The monoisotopic (exact) mass is 332 g/mol. The van der Waals surface area contributed by atoms with Gasteiger partial charge in [-0.3, -0.25) is 0 Å². The Kier molecular flexibility index (Phi) is 6.01. The number of rotatable bonds is 8. The summed E-state index contributed by atoms with van der Waals surface area (Å²) in [6, 6.07) is 7.76. The first-order chi connectivity index (χ1) is 11.6. The predicted molar refractivity (Wildman–Crippen MR) is 88.9 cm³/mol. The maximum Gasteiger partial charge on any atom is 0.372 e. The second-order valence-electron chi connectivity index (χ2n) is 5.16. The van der Waals surface area contributed by atoms with Crippen LogP contribution in [-0.4, -0.2) is 24.3 Å². The summed E-state index contributed by atoms with van der Waals surface area (Å²) in [5.41, 5.74) is 0.179. The molecule has 1 aromatic carbocycles. The van der Waals surface area contributed by atoms with Crippen LogP contribution in [0.2, 0.25) is 0 Å². The maximum absolute atomic E-state index is 11.3. The van der Waals surface area contributed by atoms with Crippen molar-refractivity contribution in [2.45, 2.75) is 26.7 Å². The summed E-state index contributed by atoms with van der Waals surface area (Å²) in [5, 5.41) is 9.24. The second kappa shape index (κ2) is 8.19. The predicted octanol–water partition coefficient (Wildman–Crippen LogP) is 3.58. The Morgan fingerprint density at radius 3 is 2.33 bits per heavy atom. The quantitative estimate of drug-likeness (QED) is 0.795. The van der Waals surface area contributed by atoms with E-state index in [0.717, 1.165) is 12.8 Å². The molecule has 2 aromatic rings. The molecule has 0 unspecified atom stereocenters. The van der Waals surface area contributed by atoms with Crippen molar-refractivity contribution < 1.29 is 23.8 Å². The average molecular weight is 332 g/mol. The van der Waals surface area contributed by atoms with Crippen LogP contribution >= 0.6 is 0 Å². The van der Waals surface area contributed by atoms with Gasteiger partial charge in [0.25, 0.3) is 0 Å². The number of carboxylic acids is 1. The lowest BCUT2D eigenvalue weighted by Gasteiger charge is -2.14. The van der Waals surface area contributed by atoms with E-state index >= 15 is 0 Å². The zero-order chi connectivity index (χ0) is 17.5. The van der Waals surface area contributed by atoms with E-state index in [4.69, 9.17) is 13.9 Å². The molecule has 6 nitrogen and oxygen atoms in total. The summed E-state index contributed by atoms with van der Waals surface area (Å²) in [5.74, 6) is -0.565. The molecule has 0 atom stereocenters. The van der Waals surface area contributed by atoms with Gasteiger partial charge in [-0.25, -0.2) is 9.59 Å². The summed E-state index contributed by atoms with van der Waals surface area (Å²) < 4.78 is 16.2. The Labute approximate surface area is 139 Å². The van der Waals surface area contributed by atoms with Gasteiger partial charge in [0.15, 0.2) is 11.5 Å². The number of hydrogen-bond acceptors (Lipinski definition) is 5. The topological polar surface area (TPSA) is 86.0 Å². The van der Waals surface area contributed by atoms with Crippen molar-refractivity contribution in [2.24, 2.45) is 0 Å². The van der Waals surface area contributed by atoms with Gasteiger partial charge in [-0.15, -0.1) is 0 Å². The fraction of sp³-hybridized carbons (Fsp3) is 0.333. The molecule has 1 heterocycles. The summed E-state index contributed by atoms with van der Waals surface area (Å²) in [6.07, 6.45) is 1.69. The van der Waals surface area contributed by atoms with Crippen LogP contribution in [0.25, 0.3) is 11.1 Å². The summed E-state index contributed by atoms with van der Waals surface area (Å²) in [4.78, 5) is 22.6. The van der Waals surface area contributed by atoms with E-state index in [1.54, 1.807) is 18.2 Å². The molecule has 0 radical (unpaired) electrons. The average Bonchev–Trinajstić information content (AvgIpc) is 2.58. The lowest BCUT2D eigenvalue weighted by molar-refractivity contribution is 0.0658. The van der Waals surface area contributed by atoms with E-state index in [-0.39, 0.29) is 0 Å². The summed E-state index contributed by atoms with van der Waals surface area (Å²) >= 11 is 0. The molecule has 0 bridgehead atoms. The van der Waals surface area contributed by atoms with Gasteiger partial charge < -0.3 is 19.0 Å². The Bertz CT molecular complexity index is 762. The summed E-state index contributed by atoms with van der Waals surface area (Å²) in [7, 11) is 0. The SMILES string of the molecule is CCCOc1ccc(-c2ccc(=O)oc2C(=O)O)cc1OCCC. The van der Waals surface area contributed by atoms with Gasteiger partial charge in [0.1, 0.15) is 0 Å². The highest BCUT2D eigenvalue weighted by molar-refractivity contribution is 5.93.